The summed E-state index contributed by atoms with van der Waals surface area (Å²) in [7, 11) is 0. The van der Waals surface area contributed by atoms with Gasteiger partial charge in [-0.05, 0) is 30.4 Å². The number of aromatic nitrogens is 1. The van der Waals surface area contributed by atoms with Gasteiger partial charge in [0.05, 0.1) is 12.6 Å². The second-order valence-electron chi connectivity index (χ2n) is 5.26. The third-order valence-electron chi connectivity index (χ3n) is 3.81. The van der Waals surface area contributed by atoms with Gasteiger partial charge in [-0.1, -0.05) is 18.2 Å². The second kappa shape index (κ2) is 4.76. The highest BCUT2D eigenvalue weighted by Crippen LogP contribution is 2.23. The number of H-pyrrole nitrogens is 1. The Labute approximate surface area is 116 Å². The SMILES string of the molecule is C[C@@H](N)C(=O)N1CCc2c([nH]c(=O)c3ccccc23)C1. The van der Waals surface area contributed by atoms with E-state index in [1.54, 1.807) is 11.8 Å². The normalized spacial score (nSPS) is 16.0. The molecule has 1 aliphatic rings. The molecule has 0 saturated carbocycles. The van der Waals surface area contributed by atoms with Crippen molar-refractivity contribution in [3.8, 4) is 0 Å². The predicted octanol–water partition coefficient (Wildman–Crippen LogP) is 0.760. The molecule has 3 N–H and O–H groups in total. The quantitative estimate of drug-likeness (QED) is 0.803. The molecular weight excluding hydrogens is 254 g/mol. The Kier molecular flexibility index (Phi) is 3.06. The molecule has 104 valence electrons. The predicted molar refractivity (Wildman–Crippen MR) is 77.3 cm³/mol. The number of nitrogens with one attached hydrogen (secondary N) is 1. The zero-order valence-corrected chi connectivity index (χ0v) is 11.3. The van der Waals surface area contributed by atoms with Crippen LogP contribution in [0.1, 0.15) is 18.2 Å². The van der Waals surface area contributed by atoms with Crippen LogP contribution in [0.3, 0.4) is 0 Å². The first-order chi connectivity index (χ1) is 9.58. The average Bonchev–Trinajstić information content (AvgIpc) is 2.46. The summed E-state index contributed by atoms with van der Waals surface area (Å²) in [4.78, 5) is 28.7. The first kappa shape index (κ1) is 12.9. The van der Waals surface area contributed by atoms with Gasteiger partial charge in [-0.3, -0.25) is 9.59 Å². The molecule has 1 aliphatic heterocycles. The molecule has 0 radical (unpaired) electrons. The number of nitrogens with zero attached hydrogens (tertiary/aromatic N) is 1. The molecule has 0 fully saturated rings. The zero-order chi connectivity index (χ0) is 14.3. The van der Waals surface area contributed by atoms with E-state index in [1.807, 2.05) is 24.3 Å². The summed E-state index contributed by atoms with van der Waals surface area (Å²) in [6, 6.07) is 7.07. The van der Waals surface area contributed by atoms with Crippen molar-refractivity contribution in [2.75, 3.05) is 6.54 Å². The highest BCUT2D eigenvalue weighted by molar-refractivity contribution is 5.86. The van der Waals surface area contributed by atoms with E-state index >= 15 is 0 Å². The second-order valence-corrected chi connectivity index (χ2v) is 5.26. The van der Waals surface area contributed by atoms with Crippen molar-refractivity contribution in [2.45, 2.75) is 25.9 Å². The smallest absolute Gasteiger partial charge is 0.256 e. The minimum Gasteiger partial charge on any atom is -0.335 e. The number of amides is 1. The number of hydrogen-bond donors (Lipinski definition) is 2. The molecule has 3 rings (SSSR count). The van der Waals surface area contributed by atoms with Crippen LogP contribution in [0, 0.1) is 0 Å². The summed E-state index contributed by atoms with van der Waals surface area (Å²) >= 11 is 0. The summed E-state index contributed by atoms with van der Waals surface area (Å²) in [5.74, 6) is -0.0790. The van der Waals surface area contributed by atoms with Crippen molar-refractivity contribution in [1.82, 2.24) is 9.88 Å². The molecule has 0 spiro atoms. The van der Waals surface area contributed by atoms with Crippen LogP contribution in [0.5, 0.6) is 0 Å². The standard InChI is InChI=1S/C15H17N3O2/c1-9(16)15(20)18-7-6-11-10-4-2-3-5-12(10)14(19)17-13(11)8-18/h2-5,9H,6-8,16H2,1H3,(H,17,19)/t9-/m1/s1. The maximum atomic E-state index is 12.1. The number of nitrogens with two attached hydrogens (primary N) is 1. The highest BCUT2D eigenvalue weighted by Gasteiger charge is 2.24. The fourth-order valence-corrected chi connectivity index (χ4v) is 2.80. The number of carbonyl (C=O) groups is 1. The Morgan fingerprint density at radius 3 is 2.75 bits per heavy atom. The number of rotatable bonds is 1. The van der Waals surface area contributed by atoms with Gasteiger partial charge in [-0.2, -0.15) is 0 Å². The Morgan fingerprint density at radius 2 is 2.05 bits per heavy atom. The third kappa shape index (κ3) is 2.00. The van der Waals surface area contributed by atoms with E-state index < -0.39 is 6.04 Å². The van der Waals surface area contributed by atoms with Crippen LogP contribution in [0.2, 0.25) is 0 Å². The van der Waals surface area contributed by atoms with Crippen LogP contribution < -0.4 is 11.3 Å². The Balaban J connectivity index is 2.07. The number of fused-ring (bicyclic) bond motifs is 3. The molecular formula is C15H17N3O2. The Bertz CT molecular complexity index is 733. The first-order valence-corrected chi connectivity index (χ1v) is 6.75. The molecule has 5 nitrogen and oxygen atoms in total. The summed E-state index contributed by atoms with van der Waals surface area (Å²) < 4.78 is 0. The molecule has 0 saturated heterocycles. The molecule has 5 heteroatoms. The molecule has 1 aromatic heterocycles. The van der Waals surface area contributed by atoms with Gasteiger partial charge < -0.3 is 15.6 Å². The van der Waals surface area contributed by atoms with Crippen LogP contribution in [0.15, 0.2) is 29.1 Å². The van der Waals surface area contributed by atoms with E-state index in [0.29, 0.717) is 18.5 Å². The molecule has 2 aromatic rings. The summed E-state index contributed by atoms with van der Waals surface area (Å²) in [6.07, 6.45) is 0.741. The van der Waals surface area contributed by atoms with Crippen LogP contribution in [0.4, 0.5) is 0 Å². The van der Waals surface area contributed by atoms with Crippen molar-refractivity contribution >= 4 is 16.7 Å². The van der Waals surface area contributed by atoms with Crippen LogP contribution in [-0.2, 0) is 17.8 Å². The van der Waals surface area contributed by atoms with E-state index in [9.17, 15) is 9.59 Å². The Morgan fingerprint density at radius 1 is 1.35 bits per heavy atom. The molecule has 0 bridgehead atoms. The molecule has 20 heavy (non-hydrogen) atoms. The number of pyridine rings is 1. The van der Waals surface area contributed by atoms with E-state index in [4.69, 9.17) is 5.73 Å². The van der Waals surface area contributed by atoms with Crippen molar-refractivity contribution in [3.63, 3.8) is 0 Å². The highest BCUT2D eigenvalue weighted by atomic mass is 16.2. The fourth-order valence-electron chi connectivity index (χ4n) is 2.80. The van der Waals surface area contributed by atoms with Crippen LogP contribution >= 0.6 is 0 Å². The van der Waals surface area contributed by atoms with Crippen LogP contribution in [-0.4, -0.2) is 28.4 Å². The van der Waals surface area contributed by atoms with Gasteiger partial charge in [0.25, 0.3) is 5.56 Å². The number of benzene rings is 1. The zero-order valence-electron chi connectivity index (χ0n) is 11.3. The minimum absolute atomic E-state index is 0.0790. The van der Waals surface area contributed by atoms with E-state index in [1.165, 1.54) is 0 Å². The van der Waals surface area contributed by atoms with Crippen LogP contribution in [0.25, 0.3) is 10.8 Å². The minimum atomic E-state index is -0.510. The van der Waals surface area contributed by atoms with Crippen molar-refractivity contribution in [1.29, 1.82) is 0 Å². The lowest BCUT2D eigenvalue weighted by Gasteiger charge is -2.30. The summed E-state index contributed by atoms with van der Waals surface area (Å²) in [5.41, 5.74) is 7.50. The van der Waals surface area contributed by atoms with Crippen molar-refractivity contribution in [3.05, 3.63) is 45.9 Å². The van der Waals surface area contributed by atoms with Gasteiger partial charge in [0.2, 0.25) is 5.91 Å². The molecule has 0 unspecified atom stereocenters. The van der Waals surface area contributed by atoms with E-state index in [-0.39, 0.29) is 11.5 Å². The molecule has 1 atom stereocenters. The fraction of sp³-hybridized carbons (Fsp3) is 0.333. The first-order valence-electron chi connectivity index (χ1n) is 6.75. The topological polar surface area (TPSA) is 79.2 Å². The number of aromatic amines is 1. The maximum absolute atomic E-state index is 12.1. The van der Waals surface area contributed by atoms with Gasteiger partial charge in [0.1, 0.15) is 0 Å². The van der Waals surface area contributed by atoms with Gasteiger partial charge in [-0.15, -0.1) is 0 Å². The lowest BCUT2D eigenvalue weighted by atomic mass is 9.98. The van der Waals surface area contributed by atoms with Gasteiger partial charge in [-0.25, -0.2) is 0 Å². The Hall–Kier alpha value is -2.14. The lowest BCUT2D eigenvalue weighted by molar-refractivity contribution is -0.133. The average molecular weight is 271 g/mol. The monoisotopic (exact) mass is 271 g/mol. The largest absolute Gasteiger partial charge is 0.335 e. The maximum Gasteiger partial charge on any atom is 0.256 e. The molecule has 1 amide bonds. The van der Waals surface area contributed by atoms with Gasteiger partial charge >= 0.3 is 0 Å². The summed E-state index contributed by atoms with van der Waals surface area (Å²) in [5, 5.41) is 1.69. The third-order valence-corrected chi connectivity index (χ3v) is 3.81. The molecule has 0 aliphatic carbocycles. The lowest BCUT2D eigenvalue weighted by Crippen LogP contribution is -2.45. The van der Waals surface area contributed by atoms with Gasteiger partial charge in [0, 0.05) is 17.6 Å². The van der Waals surface area contributed by atoms with Crippen molar-refractivity contribution in [2.24, 2.45) is 5.73 Å². The molecule has 1 aromatic carbocycles. The number of carbonyl (C=O) groups excluding carboxylic acids is 1. The van der Waals surface area contributed by atoms with E-state index in [2.05, 4.69) is 4.98 Å². The van der Waals surface area contributed by atoms with E-state index in [0.717, 1.165) is 23.1 Å². The van der Waals surface area contributed by atoms with Gasteiger partial charge in [0.15, 0.2) is 0 Å². The number of hydrogen-bond acceptors (Lipinski definition) is 3. The molecule has 2 heterocycles. The summed E-state index contributed by atoms with van der Waals surface area (Å²) in [6.45, 7) is 2.75. The van der Waals surface area contributed by atoms with Crippen molar-refractivity contribution < 1.29 is 4.79 Å².